The van der Waals surface area contributed by atoms with Gasteiger partial charge in [0.25, 0.3) is 0 Å². The molecule has 7 heteroatoms. The van der Waals surface area contributed by atoms with Crippen LogP contribution in [0.3, 0.4) is 0 Å². The Balaban J connectivity index is 1.47. The summed E-state index contributed by atoms with van der Waals surface area (Å²) in [5.74, 6) is 1.80. The third-order valence-electron chi connectivity index (χ3n) is 4.98. The predicted octanol–water partition coefficient (Wildman–Crippen LogP) is 2.17. The van der Waals surface area contributed by atoms with Crippen molar-refractivity contribution in [1.82, 2.24) is 24.5 Å². The van der Waals surface area contributed by atoms with Crippen LogP contribution >= 0.6 is 0 Å². The molecule has 0 spiro atoms. The Hall–Kier alpha value is -2.70. The van der Waals surface area contributed by atoms with Crippen molar-refractivity contribution in [2.24, 2.45) is 7.05 Å². The summed E-state index contributed by atoms with van der Waals surface area (Å²) < 4.78 is 2.09. The average molecular weight is 337 g/mol. The molecule has 0 amide bonds. The second-order valence-corrected chi connectivity index (χ2v) is 6.71. The number of aromatic nitrogens is 5. The zero-order valence-electron chi connectivity index (χ0n) is 14.9. The lowest BCUT2D eigenvalue weighted by Gasteiger charge is -2.37. The molecule has 1 fully saturated rings. The molecule has 0 bridgehead atoms. The first kappa shape index (κ1) is 15.8. The van der Waals surface area contributed by atoms with Crippen molar-refractivity contribution < 1.29 is 0 Å². The Bertz CT molecular complexity index is 863. The molecule has 0 N–H and O–H groups in total. The molecule has 0 atom stereocenters. The fourth-order valence-corrected chi connectivity index (χ4v) is 3.48. The minimum atomic E-state index is 0.451. The van der Waals surface area contributed by atoms with Crippen molar-refractivity contribution in [2.45, 2.75) is 25.8 Å². The van der Waals surface area contributed by atoms with Gasteiger partial charge < -0.3 is 9.80 Å². The zero-order chi connectivity index (χ0) is 17.4. The summed E-state index contributed by atoms with van der Waals surface area (Å²) in [4.78, 5) is 22.6. The highest BCUT2D eigenvalue weighted by Crippen LogP contribution is 2.25. The maximum absolute atomic E-state index is 4.76. The first-order valence-electron chi connectivity index (χ1n) is 8.67. The van der Waals surface area contributed by atoms with E-state index in [1.54, 1.807) is 0 Å². The van der Waals surface area contributed by atoms with Crippen LogP contribution in [0.1, 0.15) is 18.4 Å². The maximum Gasteiger partial charge on any atom is 0.225 e. The van der Waals surface area contributed by atoms with Gasteiger partial charge in [-0.3, -0.25) is 4.57 Å². The summed E-state index contributed by atoms with van der Waals surface area (Å²) in [7, 11) is 4.12. The van der Waals surface area contributed by atoms with Gasteiger partial charge in [0.15, 0.2) is 5.65 Å². The molecular weight excluding hydrogens is 314 g/mol. The third kappa shape index (κ3) is 2.90. The van der Waals surface area contributed by atoms with Crippen molar-refractivity contribution in [3.63, 3.8) is 0 Å². The Morgan fingerprint density at radius 3 is 2.52 bits per heavy atom. The largest absolute Gasteiger partial charge is 0.342 e. The lowest BCUT2D eigenvalue weighted by molar-refractivity contribution is 0.471. The van der Waals surface area contributed by atoms with Crippen LogP contribution in [0, 0.1) is 6.92 Å². The second kappa shape index (κ2) is 6.31. The van der Waals surface area contributed by atoms with Crippen molar-refractivity contribution in [3.8, 4) is 0 Å². The highest BCUT2D eigenvalue weighted by atomic mass is 15.3. The maximum atomic E-state index is 4.76. The van der Waals surface area contributed by atoms with Gasteiger partial charge >= 0.3 is 0 Å². The van der Waals surface area contributed by atoms with Crippen LogP contribution in [0.2, 0.25) is 0 Å². The molecule has 0 aromatic carbocycles. The van der Waals surface area contributed by atoms with Crippen LogP contribution < -0.4 is 9.80 Å². The van der Waals surface area contributed by atoms with E-state index in [-0.39, 0.29) is 0 Å². The number of hydrogen-bond donors (Lipinski definition) is 0. The number of rotatable bonds is 3. The number of nitrogens with zero attached hydrogens (tertiary/aromatic N) is 7. The molecule has 0 aliphatic carbocycles. The molecule has 130 valence electrons. The number of anilines is 2. The Kier molecular flexibility index (Phi) is 3.99. The SMILES string of the molecule is Cc1cnc(N(C)C2CCN(c3nc4cccnc4n3C)CC2)nc1. The van der Waals surface area contributed by atoms with Crippen molar-refractivity contribution in [1.29, 1.82) is 0 Å². The van der Waals surface area contributed by atoms with Crippen molar-refractivity contribution >= 4 is 23.1 Å². The summed E-state index contributed by atoms with van der Waals surface area (Å²) in [6.45, 7) is 3.95. The zero-order valence-corrected chi connectivity index (χ0v) is 14.9. The molecule has 3 aromatic rings. The molecular formula is C18H23N7. The number of pyridine rings is 1. The van der Waals surface area contributed by atoms with Crippen LogP contribution in [0.25, 0.3) is 11.2 Å². The molecule has 4 rings (SSSR count). The van der Waals surface area contributed by atoms with Crippen molar-refractivity contribution in [2.75, 3.05) is 29.9 Å². The number of aryl methyl sites for hydroxylation is 2. The molecule has 1 aliphatic rings. The first-order valence-corrected chi connectivity index (χ1v) is 8.67. The standard InChI is InChI=1S/C18H23N7/c1-13-11-20-17(21-12-13)23(2)14-6-9-25(10-7-14)18-22-15-5-4-8-19-16(15)24(18)3/h4-5,8,11-12,14H,6-7,9-10H2,1-3H3. The normalized spacial score (nSPS) is 15.7. The molecule has 3 aromatic heterocycles. The average Bonchev–Trinajstić information content (AvgIpc) is 2.99. The third-order valence-corrected chi connectivity index (χ3v) is 4.98. The van der Waals surface area contributed by atoms with Gasteiger partial charge in [-0.15, -0.1) is 0 Å². The van der Waals surface area contributed by atoms with Crippen LogP contribution in [0.4, 0.5) is 11.9 Å². The molecule has 7 nitrogen and oxygen atoms in total. The number of imidazole rings is 1. The van der Waals surface area contributed by atoms with Gasteiger partial charge in [0.05, 0.1) is 0 Å². The summed E-state index contributed by atoms with van der Waals surface area (Å²) in [5, 5.41) is 0. The minimum absolute atomic E-state index is 0.451. The van der Waals surface area contributed by atoms with E-state index in [0.717, 1.165) is 54.6 Å². The van der Waals surface area contributed by atoms with E-state index in [0.29, 0.717) is 6.04 Å². The molecule has 25 heavy (non-hydrogen) atoms. The van der Waals surface area contributed by atoms with Crippen LogP contribution in [0.5, 0.6) is 0 Å². The lowest BCUT2D eigenvalue weighted by atomic mass is 10.0. The fraction of sp³-hybridized carbons (Fsp3) is 0.444. The van der Waals surface area contributed by atoms with E-state index in [9.17, 15) is 0 Å². The highest BCUT2D eigenvalue weighted by Gasteiger charge is 2.26. The summed E-state index contributed by atoms with van der Waals surface area (Å²) in [6, 6.07) is 4.40. The Labute approximate surface area is 147 Å². The summed E-state index contributed by atoms with van der Waals surface area (Å²) in [5.41, 5.74) is 2.97. The molecule has 1 saturated heterocycles. The number of fused-ring (bicyclic) bond motifs is 1. The number of piperidine rings is 1. The molecule has 4 heterocycles. The van der Waals surface area contributed by atoms with E-state index in [1.807, 2.05) is 44.7 Å². The molecule has 0 unspecified atom stereocenters. The Morgan fingerprint density at radius 2 is 1.84 bits per heavy atom. The van der Waals surface area contributed by atoms with E-state index in [4.69, 9.17) is 4.98 Å². The van der Waals surface area contributed by atoms with Crippen LogP contribution in [0.15, 0.2) is 30.7 Å². The van der Waals surface area contributed by atoms with Crippen molar-refractivity contribution in [3.05, 3.63) is 36.3 Å². The smallest absolute Gasteiger partial charge is 0.225 e. The van der Waals surface area contributed by atoms with Crippen LogP contribution in [-0.4, -0.2) is 50.7 Å². The van der Waals surface area contributed by atoms with Gasteiger partial charge in [0.1, 0.15) is 5.52 Å². The second-order valence-electron chi connectivity index (χ2n) is 6.71. The van der Waals surface area contributed by atoms with E-state index in [1.165, 1.54) is 0 Å². The molecule has 0 radical (unpaired) electrons. The van der Waals surface area contributed by atoms with E-state index >= 15 is 0 Å². The fourth-order valence-electron chi connectivity index (χ4n) is 3.48. The van der Waals surface area contributed by atoms with E-state index < -0.39 is 0 Å². The predicted molar refractivity (Wildman–Crippen MR) is 98.9 cm³/mol. The quantitative estimate of drug-likeness (QED) is 0.730. The first-order chi connectivity index (χ1) is 12.1. The topological polar surface area (TPSA) is 63.0 Å². The number of hydrogen-bond acceptors (Lipinski definition) is 6. The summed E-state index contributed by atoms with van der Waals surface area (Å²) in [6.07, 6.45) is 7.69. The van der Waals surface area contributed by atoms with Gasteiger partial charge in [-0.1, -0.05) is 0 Å². The Morgan fingerprint density at radius 1 is 1.12 bits per heavy atom. The molecule has 0 saturated carbocycles. The lowest BCUT2D eigenvalue weighted by Crippen LogP contribution is -2.44. The molecule has 1 aliphatic heterocycles. The van der Waals surface area contributed by atoms with Gasteiger partial charge in [-0.05, 0) is 37.5 Å². The van der Waals surface area contributed by atoms with Crippen LogP contribution in [-0.2, 0) is 7.05 Å². The van der Waals surface area contributed by atoms with Gasteiger partial charge in [0.2, 0.25) is 11.9 Å². The minimum Gasteiger partial charge on any atom is -0.342 e. The van der Waals surface area contributed by atoms with Gasteiger partial charge in [-0.2, -0.15) is 0 Å². The highest BCUT2D eigenvalue weighted by molar-refractivity contribution is 5.74. The van der Waals surface area contributed by atoms with Gasteiger partial charge in [0, 0.05) is 51.8 Å². The van der Waals surface area contributed by atoms with E-state index in [2.05, 4.69) is 36.4 Å². The monoisotopic (exact) mass is 337 g/mol. The summed E-state index contributed by atoms with van der Waals surface area (Å²) >= 11 is 0. The van der Waals surface area contributed by atoms with Gasteiger partial charge in [-0.25, -0.2) is 19.9 Å².